The van der Waals surface area contributed by atoms with Gasteiger partial charge in [0.1, 0.15) is 11.2 Å². The molecule has 0 saturated carbocycles. The van der Waals surface area contributed by atoms with Crippen LogP contribution in [0.1, 0.15) is 0 Å². The predicted octanol–water partition coefficient (Wildman–Crippen LogP) is 1.59. The van der Waals surface area contributed by atoms with E-state index in [-0.39, 0.29) is 5.69 Å². The maximum Gasteiger partial charge on any atom is 0.288 e. The second-order valence-electron chi connectivity index (χ2n) is 2.58. The van der Waals surface area contributed by atoms with E-state index in [2.05, 4.69) is 15.2 Å². The number of nitrogens with one attached hydrogen (secondary N) is 1. The van der Waals surface area contributed by atoms with E-state index in [9.17, 15) is 10.1 Å². The van der Waals surface area contributed by atoms with Crippen molar-refractivity contribution in [1.29, 1.82) is 0 Å². The molecular weight excluding hydrogens is 204 g/mol. The van der Waals surface area contributed by atoms with Crippen molar-refractivity contribution in [2.75, 3.05) is 6.26 Å². The molecule has 0 fully saturated rings. The summed E-state index contributed by atoms with van der Waals surface area (Å²) in [5.74, 6) is 0. The highest BCUT2D eigenvalue weighted by Crippen LogP contribution is 2.25. The van der Waals surface area contributed by atoms with Gasteiger partial charge in [0.2, 0.25) is 0 Å². The average molecular weight is 210 g/mol. The lowest BCUT2D eigenvalue weighted by molar-refractivity contribution is -0.385. The number of thioether (sulfide) groups is 1. The molecule has 1 N–H and O–H groups in total. The standard InChI is InChI=1S/C7H6N4O2S/c1-14-7-5-2-4(11(12)13)3-8-6(5)9-10-7/h2-3H,1H3,(H,8,9,10). The number of hydrogen-bond donors (Lipinski definition) is 1. The van der Waals surface area contributed by atoms with E-state index in [1.165, 1.54) is 24.0 Å². The highest BCUT2D eigenvalue weighted by atomic mass is 32.2. The molecule has 2 aromatic rings. The SMILES string of the molecule is CSc1n[nH]c2ncc([N+](=O)[O-])cc12. The van der Waals surface area contributed by atoms with Crippen molar-refractivity contribution in [3.05, 3.63) is 22.4 Å². The van der Waals surface area contributed by atoms with Crippen LogP contribution in [0.2, 0.25) is 0 Å². The molecule has 14 heavy (non-hydrogen) atoms. The lowest BCUT2D eigenvalue weighted by atomic mass is 10.3. The highest BCUT2D eigenvalue weighted by Gasteiger charge is 2.11. The fourth-order valence-electron chi connectivity index (χ4n) is 1.13. The summed E-state index contributed by atoms with van der Waals surface area (Å²) in [4.78, 5) is 13.9. The van der Waals surface area contributed by atoms with Gasteiger partial charge >= 0.3 is 0 Å². The molecule has 7 heteroatoms. The number of pyridine rings is 1. The van der Waals surface area contributed by atoms with Gasteiger partial charge in [0.05, 0.1) is 10.3 Å². The molecule has 2 aromatic heterocycles. The Morgan fingerprint density at radius 2 is 2.43 bits per heavy atom. The number of aromatic nitrogens is 3. The molecule has 0 spiro atoms. The lowest BCUT2D eigenvalue weighted by Crippen LogP contribution is -1.88. The van der Waals surface area contributed by atoms with Gasteiger partial charge in [0.25, 0.3) is 5.69 Å². The normalized spacial score (nSPS) is 10.6. The van der Waals surface area contributed by atoms with Crippen LogP contribution < -0.4 is 0 Å². The van der Waals surface area contributed by atoms with Crippen LogP contribution in [0.4, 0.5) is 5.69 Å². The summed E-state index contributed by atoms with van der Waals surface area (Å²) in [6, 6.07) is 1.47. The fraction of sp³-hybridized carbons (Fsp3) is 0.143. The third-order valence-corrected chi connectivity index (χ3v) is 2.47. The van der Waals surface area contributed by atoms with E-state index >= 15 is 0 Å². The molecule has 6 nitrogen and oxygen atoms in total. The molecule has 0 aliphatic heterocycles. The van der Waals surface area contributed by atoms with Gasteiger partial charge in [-0.3, -0.25) is 15.2 Å². The van der Waals surface area contributed by atoms with Crippen LogP contribution in [-0.4, -0.2) is 26.4 Å². The first-order valence-corrected chi connectivity index (χ1v) is 4.97. The number of nitro groups is 1. The quantitative estimate of drug-likeness (QED) is 0.462. The van der Waals surface area contributed by atoms with Crippen molar-refractivity contribution in [3.63, 3.8) is 0 Å². The van der Waals surface area contributed by atoms with E-state index in [1.54, 1.807) is 0 Å². The van der Waals surface area contributed by atoms with Crippen LogP contribution in [0.15, 0.2) is 17.3 Å². The Morgan fingerprint density at radius 3 is 3.07 bits per heavy atom. The Bertz CT molecular complexity index is 495. The minimum Gasteiger partial charge on any atom is -0.260 e. The Labute approximate surface area is 82.9 Å². The van der Waals surface area contributed by atoms with Crippen molar-refractivity contribution in [2.45, 2.75) is 5.03 Å². The largest absolute Gasteiger partial charge is 0.288 e. The Balaban J connectivity index is 2.67. The molecule has 0 bridgehead atoms. The molecular formula is C7H6N4O2S. The first-order valence-electron chi connectivity index (χ1n) is 3.75. The van der Waals surface area contributed by atoms with Gasteiger partial charge in [0.15, 0.2) is 5.65 Å². The van der Waals surface area contributed by atoms with Crippen LogP contribution in [0, 0.1) is 10.1 Å². The predicted molar refractivity (Wildman–Crippen MR) is 52.3 cm³/mol. The van der Waals surface area contributed by atoms with Gasteiger partial charge in [-0.05, 0) is 6.26 Å². The van der Waals surface area contributed by atoms with Gasteiger partial charge in [-0.1, -0.05) is 0 Å². The van der Waals surface area contributed by atoms with Crippen LogP contribution >= 0.6 is 11.8 Å². The molecule has 2 heterocycles. The van der Waals surface area contributed by atoms with E-state index in [0.29, 0.717) is 11.0 Å². The molecule has 0 amide bonds. The number of hydrogen-bond acceptors (Lipinski definition) is 5. The fourth-order valence-corrected chi connectivity index (χ4v) is 1.64. The van der Waals surface area contributed by atoms with Crippen molar-refractivity contribution in [3.8, 4) is 0 Å². The summed E-state index contributed by atoms with van der Waals surface area (Å²) >= 11 is 1.42. The maximum absolute atomic E-state index is 10.5. The highest BCUT2D eigenvalue weighted by molar-refractivity contribution is 7.98. The Kier molecular flexibility index (Phi) is 2.08. The minimum absolute atomic E-state index is 0.0193. The first kappa shape index (κ1) is 8.95. The zero-order valence-electron chi connectivity index (χ0n) is 7.22. The van der Waals surface area contributed by atoms with Crippen LogP contribution in [-0.2, 0) is 0 Å². The first-order chi connectivity index (χ1) is 6.72. The smallest absolute Gasteiger partial charge is 0.260 e. The van der Waals surface area contributed by atoms with E-state index < -0.39 is 4.92 Å². The van der Waals surface area contributed by atoms with Gasteiger partial charge < -0.3 is 0 Å². The molecule has 0 radical (unpaired) electrons. The van der Waals surface area contributed by atoms with E-state index in [1.807, 2.05) is 6.26 Å². The number of fused-ring (bicyclic) bond motifs is 1. The Morgan fingerprint density at radius 1 is 1.64 bits per heavy atom. The van der Waals surface area contributed by atoms with E-state index in [4.69, 9.17) is 0 Å². The molecule has 0 saturated heterocycles. The van der Waals surface area contributed by atoms with Crippen LogP contribution in [0.3, 0.4) is 0 Å². The van der Waals surface area contributed by atoms with Gasteiger partial charge in [-0.2, -0.15) is 5.10 Å². The summed E-state index contributed by atoms with van der Waals surface area (Å²) in [5, 5.41) is 18.6. The molecule has 0 atom stereocenters. The molecule has 2 rings (SSSR count). The summed E-state index contributed by atoms with van der Waals surface area (Å²) in [7, 11) is 0. The molecule has 72 valence electrons. The van der Waals surface area contributed by atoms with E-state index in [0.717, 1.165) is 5.03 Å². The average Bonchev–Trinajstić information content (AvgIpc) is 2.59. The van der Waals surface area contributed by atoms with Gasteiger partial charge in [0, 0.05) is 6.07 Å². The molecule has 0 aromatic carbocycles. The number of rotatable bonds is 2. The maximum atomic E-state index is 10.5. The zero-order valence-corrected chi connectivity index (χ0v) is 8.04. The van der Waals surface area contributed by atoms with Crippen molar-refractivity contribution >= 4 is 28.5 Å². The summed E-state index contributed by atoms with van der Waals surface area (Å²) < 4.78 is 0. The second kappa shape index (κ2) is 3.26. The van der Waals surface area contributed by atoms with Crippen LogP contribution in [0.25, 0.3) is 11.0 Å². The number of H-pyrrole nitrogens is 1. The summed E-state index contributed by atoms with van der Waals surface area (Å²) in [6.07, 6.45) is 3.07. The third kappa shape index (κ3) is 1.31. The van der Waals surface area contributed by atoms with Gasteiger partial charge in [-0.15, -0.1) is 11.8 Å². The minimum atomic E-state index is -0.469. The molecule has 0 aliphatic carbocycles. The molecule has 0 unspecified atom stereocenters. The summed E-state index contributed by atoms with van der Waals surface area (Å²) in [6.45, 7) is 0. The van der Waals surface area contributed by atoms with Crippen molar-refractivity contribution < 1.29 is 4.92 Å². The number of aromatic amines is 1. The molecule has 0 aliphatic rings. The van der Waals surface area contributed by atoms with Crippen molar-refractivity contribution in [1.82, 2.24) is 15.2 Å². The van der Waals surface area contributed by atoms with Gasteiger partial charge in [-0.25, -0.2) is 4.98 Å². The third-order valence-electron chi connectivity index (χ3n) is 1.77. The number of nitrogens with zero attached hydrogens (tertiary/aromatic N) is 3. The van der Waals surface area contributed by atoms with Crippen molar-refractivity contribution in [2.24, 2.45) is 0 Å². The lowest BCUT2D eigenvalue weighted by Gasteiger charge is -1.91. The van der Waals surface area contributed by atoms with Crippen LogP contribution in [0.5, 0.6) is 0 Å². The topological polar surface area (TPSA) is 84.7 Å². The zero-order chi connectivity index (χ0) is 10.1. The monoisotopic (exact) mass is 210 g/mol. The summed E-state index contributed by atoms with van der Waals surface area (Å²) in [5.41, 5.74) is 0.550. The Hall–Kier alpha value is -1.63. The second-order valence-corrected chi connectivity index (χ2v) is 3.37.